The Morgan fingerprint density at radius 1 is 1.39 bits per heavy atom. The van der Waals surface area contributed by atoms with E-state index in [0.29, 0.717) is 0 Å². The molecule has 4 nitrogen and oxygen atoms in total. The van der Waals surface area contributed by atoms with Gasteiger partial charge in [0.15, 0.2) is 0 Å². The molecule has 2 aromatic rings. The summed E-state index contributed by atoms with van der Waals surface area (Å²) < 4.78 is 7.51. The molecule has 96 valence electrons. The van der Waals surface area contributed by atoms with Gasteiger partial charge in [0.05, 0.1) is 24.6 Å². The SMILES string of the molecule is CCn1c(C(C)N)cnc1-c1ccccc1OC. The minimum Gasteiger partial charge on any atom is -0.496 e. The molecule has 1 atom stereocenters. The van der Waals surface area contributed by atoms with Gasteiger partial charge in [-0.15, -0.1) is 0 Å². The van der Waals surface area contributed by atoms with Crippen molar-refractivity contribution in [3.05, 3.63) is 36.2 Å². The Hall–Kier alpha value is -1.81. The van der Waals surface area contributed by atoms with Crippen molar-refractivity contribution in [3.8, 4) is 17.1 Å². The van der Waals surface area contributed by atoms with E-state index in [9.17, 15) is 0 Å². The fraction of sp³-hybridized carbons (Fsp3) is 0.357. The fourth-order valence-corrected chi connectivity index (χ4v) is 2.13. The van der Waals surface area contributed by atoms with Crippen LogP contribution in [0.3, 0.4) is 0 Å². The van der Waals surface area contributed by atoms with Crippen LogP contribution in [0.25, 0.3) is 11.4 Å². The summed E-state index contributed by atoms with van der Waals surface area (Å²) in [5.41, 5.74) is 7.99. The number of imidazole rings is 1. The predicted octanol–water partition coefficient (Wildman–Crippen LogP) is 2.60. The van der Waals surface area contributed by atoms with Crippen LogP contribution >= 0.6 is 0 Å². The Bertz CT molecular complexity index is 532. The van der Waals surface area contributed by atoms with Crippen LogP contribution in [0.5, 0.6) is 5.75 Å². The third-order valence-electron chi connectivity index (χ3n) is 3.02. The molecule has 4 heteroatoms. The van der Waals surface area contributed by atoms with E-state index in [2.05, 4.69) is 16.5 Å². The second-order valence-corrected chi connectivity index (χ2v) is 4.24. The minimum absolute atomic E-state index is 0.0269. The second kappa shape index (κ2) is 5.23. The van der Waals surface area contributed by atoms with E-state index in [4.69, 9.17) is 10.5 Å². The Labute approximate surface area is 107 Å². The Balaban J connectivity index is 2.57. The van der Waals surface area contributed by atoms with Crippen molar-refractivity contribution in [3.63, 3.8) is 0 Å². The van der Waals surface area contributed by atoms with Crippen molar-refractivity contribution >= 4 is 0 Å². The zero-order chi connectivity index (χ0) is 13.1. The Kier molecular flexibility index (Phi) is 3.67. The zero-order valence-corrected chi connectivity index (χ0v) is 11.1. The first-order chi connectivity index (χ1) is 8.69. The van der Waals surface area contributed by atoms with E-state index < -0.39 is 0 Å². The average Bonchev–Trinajstić information content (AvgIpc) is 2.82. The van der Waals surface area contributed by atoms with Crippen LogP contribution in [-0.2, 0) is 6.54 Å². The Morgan fingerprint density at radius 3 is 2.72 bits per heavy atom. The largest absolute Gasteiger partial charge is 0.496 e. The lowest BCUT2D eigenvalue weighted by molar-refractivity contribution is 0.416. The van der Waals surface area contributed by atoms with E-state index in [1.807, 2.05) is 37.4 Å². The average molecular weight is 245 g/mol. The summed E-state index contributed by atoms with van der Waals surface area (Å²) in [6.07, 6.45) is 1.84. The van der Waals surface area contributed by atoms with E-state index in [1.54, 1.807) is 7.11 Å². The van der Waals surface area contributed by atoms with Gasteiger partial charge in [-0.1, -0.05) is 12.1 Å². The summed E-state index contributed by atoms with van der Waals surface area (Å²) in [6.45, 7) is 4.89. The summed E-state index contributed by atoms with van der Waals surface area (Å²) in [5, 5.41) is 0. The van der Waals surface area contributed by atoms with E-state index in [0.717, 1.165) is 29.4 Å². The lowest BCUT2D eigenvalue weighted by Gasteiger charge is -2.13. The molecule has 1 aromatic carbocycles. The van der Waals surface area contributed by atoms with Gasteiger partial charge in [-0.2, -0.15) is 0 Å². The minimum atomic E-state index is -0.0269. The highest BCUT2D eigenvalue weighted by molar-refractivity contribution is 5.65. The standard InChI is InChI=1S/C14H19N3O/c1-4-17-12(10(2)15)9-16-14(17)11-7-5-6-8-13(11)18-3/h5-10H,4,15H2,1-3H3. The molecule has 2 rings (SSSR count). The van der Waals surface area contributed by atoms with Crippen molar-refractivity contribution in [1.82, 2.24) is 9.55 Å². The maximum absolute atomic E-state index is 5.96. The normalized spacial score (nSPS) is 12.4. The van der Waals surface area contributed by atoms with Crippen LogP contribution in [0.15, 0.2) is 30.5 Å². The van der Waals surface area contributed by atoms with Crippen LogP contribution < -0.4 is 10.5 Å². The van der Waals surface area contributed by atoms with Gasteiger partial charge in [-0.3, -0.25) is 0 Å². The molecule has 0 saturated carbocycles. The summed E-state index contributed by atoms with van der Waals surface area (Å²) >= 11 is 0. The fourth-order valence-electron chi connectivity index (χ4n) is 2.13. The van der Waals surface area contributed by atoms with Crippen LogP contribution in [0, 0.1) is 0 Å². The number of hydrogen-bond acceptors (Lipinski definition) is 3. The van der Waals surface area contributed by atoms with Gasteiger partial charge in [0, 0.05) is 12.6 Å². The molecule has 1 aromatic heterocycles. The first-order valence-corrected chi connectivity index (χ1v) is 6.13. The highest BCUT2D eigenvalue weighted by Crippen LogP contribution is 2.30. The van der Waals surface area contributed by atoms with Crippen LogP contribution in [0.4, 0.5) is 0 Å². The van der Waals surface area contributed by atoms with Gasteiger partial charge in [-0.25, -0.2) is 4.98 Å². The lowest BCUT2D eigenvalue weighted by atomic mass is 10.2. The number of hydrogen-bond donors (Lipinski definition) is 1. The predicted molar refractivity (Wildman–Crippen MR) is 72.5 cm³/mol. The molecule has 18 heavy (non-hydrogen) atoms. The van der Waals surface area contributed by atoms with Crippen molar-refractivity contribution in [2.75, 3.05) is 7.11 Å². The van der Waals surface area contributed by atoms with Crippen molar-refractivity contribution in [1.29, 1.82) is 0 Å². The summed E-state index contributed by atoms with van der Waals surface area (Å²) in [4.78, 5) is 4.49. The van der Waals surface area contributed by atoms with Crippen LogP contribution in [0.2, 0.25) is 0 Å². The molecule has 0 aliphatic heterocycles. The number of benzene rings is 1. The quantitative estimate of drug-likeness (QED) is 0.900. The number of para-hydroxylation sites is 1. The number of nitrogens with two attached hydrogens (primary N) is 1. The smallest absolute Gasteiger partial charge is 0.143 e. The van der Waals surface area contributed by atoms with Crippen molar-refractivity contribution in [2.24, 2.45) is 5.73 Å². The molecular formula is C14H19N3O. The van der Waals surface area contributed by atoms with Crippen LogP contribution in [0.1, 0.15) is 25.6 Å². The molecular weight excluding hydrogens is 226 g/mol. The molecule has 2 N–H and O–H groups in total. The van der Waals surface area contributed by atoms with E-state index in [-0.39, 0.29) is 6.04 Å². The monoisotopic (exact) mass is 245 g/mol. The van der Waals surface area contributed by atoms with Gasteiger partial charge in [0.2, 0.25) is 0 Å². The van der Waals surface area contributed by atoms with Gasteiger partial charge in [-0.05, 0) is 26.0 Å². The second-order valence-electron chi connectivity index (χ2n) is 4.24. The highest BCUT2D eigenvalue weighted by atomic mass is 16.5. The Morgan fingerprint density at radius 2 is 2.11 bits per heavy atom. The number of aromatic nitrogens is 2. The molecule has 1 heterocycles. The van der Waals surface area contributed by atoms with Gasteiger partial charge in [0.1, 0.15) is 11.6 Å². The molecule has 0 amide bonds. The first-order valence-electron chi connectivity index (χ1n) is 6.13. The van der Waals surface area contributed by atoms with Crippen molar-refractivity contribution in [2.45, 2.75) is 26.4 Å². The molecule has 1 unspecified atom stereocenters. The lowest BCUT2D eigenvalue weighted by Crippen LogP contribution is -2.12. The molecule has 0 radical (unpaired) electrons. The summed E-state index contributed by atoms with van der Waals surface area (Å²) in [5.74, 6) is 1.73. The number of nitrogens with zero attached hydrogens (tertiary/aromatic N) is 2. The third-order valence-corrected chi connectivity index (χ3v) is 3.02. The number of rotatable bonds is 4. The number of methoxy groups -OCH3 is 1. The molecule has 0 saturated heterocycles. The number of ether oxygens (including phenoxy) is 1. The third kappa shape index (κ3) is 2.11. The van der Waals surface area contributed by atoms with Crippen LogP contribution in [-0.4, -0.2) is 16.7 Å². The highest BCUT2D eigenvalue weighted by Gasteiger charge is 2.15. The van der Waals surface area contributed by atoms with Gasteiger partial charge in [0.25, 0.3) is 0 Å². The molecule has 0 bridgehead atoms. The maximum Gasteiger partial charge on any atom is 0.143 e. The molecule has 0 spiro atoms. The molecule has 0 fully saturated rings. The van der Waals surface area contributed by atoms with Gasteiger partial charge >= 0.3 is 0 Å². The maximum atomic E-state index is 5.96. The summed E-state index contributed by atoms with van der Waals surface area (Å²) in [6, 6.07) is 7.86. The van der Waals surface area contributed by atoms with Gasteiger partial charge < -0.3 is 15.0 Å². The van der Waals surface area contributed by atoms with Crippen molar-refractivity contribution < 1.29 is 4.74 Å². The van der Waals surface area contributed by atoms with E-state index in [1.165, 1.54) is 0 Å². The topological polar surface area (TPSA) is 53.1 Å². The summed E-state index contributed by atoms with van der Waals surface area (Å²) in [7, 11) is 1.67. The first kappa shape index (κ1) is 12.6. The van der Waals surface area contributed by atoms with E-state index >= 15 is 0 Å². The molecule has 0 aliphatic rings. The zero-order valence-electron chi connectivity index (χ0n) is 11.1. The molecule has 0 aliphatic carbocycles.